The fourth-order valence-electron chi connectivity index (χ4n) is 2.13. The Hall–Kier alpha value is -2.66. The van der Waals surface area contributed by atoms with E-state index in [-0.39, 0.29) is 36.3 Å². The molecule has 11 heteroatoms. The van der Waals surface area contributed by atoms with Crippen LogP contribution in [0.3, 0.4) is 0 Å². The van der Waals surface area contributed by atoms with Crippen LogP contribution in [-0.2, 0) is 25.7 Å². The average Bonchev–Trinajstić information content (AvgIpc) is 2.66. The van der Waals surface area contributed by atoms with Gasteiger partial charge in [-0.05, 0) is 24.1 Å². The van der Waals surface area contributed by atoms with Crippen molar-refractivity contribution >= 4 is 34.8 Å². The maximum Gasteiger partial charge on any atom is 0.407 e. The summed E-state index contributed by atoms with van der Waals surface area (Å²) in [6, 6.07) is 5.67. The molecule has 0 spiro atoms. The molecule has 1 fully saturated rings. The molecule has 0 saturated carbocycles. The van der Waals surface area contributed by atoms with Crippen molar-refractivity contribution in [2.24, 2.45) is 0 Å². The summed E-state index contributed by atoms with van der Waals surface area (Å²) >= 11 is 0.856. The van der Waals surface area contributed by atoms with Gasteiger partial charge in [0, 0.05) is 44.2 Å². The number of benzene rings is 1. The monoisotopic (exact) mass is 397 g/mol. The van der Waals surface area contributed by atoms with Crippen molar-refractivity contribution in [1.82, 2.24) is 9.62 Å². The van der Waals surface area contributed by atoms with Crippen LogP contribution in [0.15, 0.2) is 24.3 Å². The van der Waals surface area contributed by atoms with Crippen LogP contribution in [0.25, 0.3) is 0 Å². The Labute approximate surface area is 159 Å². The van der Waals surface area contributed by atoms with Gasteiger partial charge < -0.3 is 14.8 Å². The second-order valence-electron chi connectivity index (χ2n) is 5.62. The smallest absolute Gasteiger partial charge is 0.407 e. The molecule has 0 aliphatic carbocycles. The van der Waals surface area contributed by atoms with Gasteiger partial charge in [0.1, 0.15) is 6.61 Å². The molecule has 1 saturated heterocycles. The number of alkyl carbamates (subject to hydrolysis) is 1. The molecule has 1 aromatic rings. The minimum Gasteiger partial charge on any atom is -0.445 e. The zero-order valence-corrected chi connectivity index (χ0v) is 15.4. The molecule has 1 aliphatic heterocycles. The maximum atomic E-state index is 11.8. The van der Waals surface area contributed by atoms with Gasteiger partial charge in [0.25, 0.3) is 11.6 Å². The Kier molecular flexibility index (Phi) is 7.55. The number of amides is 2. The van der Waals surface area contributed by atoms with E-state index in [1.54, 1.807) is 0 Å². The lowest BCUT2D eigenvalue weighted by Crippen LogP contribution is -2.54. The van der Waals surface area contributed by atoms with Crippen molar-refractivity contribution in [2.45, 2.75) is 25.6 Å². The molecule has 27 heavy (non-hydrogen) atoms. The van der Waals surface area contributed by atoms with Crippen molar-refractivity contribution < 1.29 is 28.8 Å². The van der Waals surface area contributed by atoms with Gasteiger partial charge >= 0.3 is 6.09 Å². The van der Waals surface area contributed by atoms with Crippen LogP contribution in [0.5, 0.6) is 0 Å². The molecule has 0 aromatic heterocycles. The average molecular weight is 397 g/mol. The molecule has 10 nitrogen and oxygen atoms in total. The van der Waals surface area contributed by atoms with Crippen molar-refractivity contribution in [3.05, 3.63) is 39.9 Å². The van der Waals surface area contributed by atoms with Crippen molar-refractivity contribution in [1.29, 1.82) is 0 Å². The summed E-state index contributed by atoms with van der Waals surface area (Å²) in [7, 11) is 1.44. The van der Waals surface area contributed by atoms with E-state index in [0.717, 1.165) is 11.9 Å². The third-order valence-corrected chi connectivity index (χ3v) is 4.65. The van der Waals surface area contributed by atoms with Crippen LogP contribution in [-0.4, -0.2) is 52.6 Å². The Morgan fingerprint density at radius 3 is 2.67 bits per heavy atom. The quantitative estimate of drug-likeness (QED) is 0.219. The van der Waals surface area contributed by atoms with Gasteiger partial charge in [-0.15, -0.1) is 0 Å². The molecule has 146 valence electrons. The van der Waals surface area contributed by atoms with E-state index in [1.807, 2.05) is 0 Å². The number of hydrogen-bond acceptors (Lipinski definition) is 8. The number of methoxy groups -OCH3 is 1. The summed E-state index contributed by atoms with van der Waals surface area (Å²) in [6.07, 6.45) is -0.491. The first-order chi connectivity index (χ1) is 12.9. The molecule has 1 aliphatic rings. The third-order valence-electron chi connectivity index (χ3n) is 3.69. The largest absolute Gasteiger partial charge is 0.445 e. The van der Waals surface area contributed by atoms with Crippen molar-refractivity contribution in [3.63, 3.8) is 0 Å². The summed E-state index contributed by atoms with van der Waals surface area (Å²) in [5.41, 5.74) is 0.583. The van der Waals surface area contributed by atoms with E-state index in [4.69, 9.17) is 9.47 Å². The highest BCUT2D eigenvalue weighted by Crippen LogP contribution is 2.24. The Balaban J connectivity index is 1.56. The Morgan fingerprint density at radius 2 is 2.07 bits per heavy atom. The number of non-ortho nitro benzene ring substituents is 1. The number of nitro groups is 1. The standard InChI is InChI=1S/C16H19N3O7S/c1-25-13-9-18(15(13)21)27-14(20)3-2-8-17-16(22)26-10-11-4-6-12(7-5-11)19(23)24/h4-7,13H,2-3,8-10H2,1H3,(H,17,22). The number of hydrogen-bond donors (Lipinski definition) is 1. The predicted molar refractivity (Wildman–Crippen MR) is 95.6 cm³/mol. The van der Waals surface area contributed by atoms with Gasteiger partial charge in [0.2, 0.25) is 5.12 Å². The topological polar surface area (TPSA) is 128 Å². The molecule has 0 radical (unpaired) electrons. The lowest BCUT2D eigenvalue weighted by Gasteiger charge is -2.35. The normalized spacial score (nSPS) is 15.8. The molecule has 1 unspecified atom stereocenters. The van der Waals surface area contributed by atoms with Crippen LogP contribution >= 0.6 is 11.9 Å². The molecule has 1 atom stereocenters. The van der Waals surface area contributed by atoms with E-state index in [2.05, 4.69) is 5.32 Å². The van der Waals surface area contributed by atoms with E-state index in [0.29, 0.717) is 18.5 Å². The first-order valence-corrected chi connectivity index (χ1v) is 8.87. The molecular weight excluding hydrogens is 378 g/mol. The van der Waals surface area contributed by atoms with Crippen LogP contribution < -0.4 is 5.32 Å². The van der Waals surface area contributed by atoms with Crippen LogP contribution in [0.1, 0.15) is 18.4 Å². The number of β-lactam (4-membered cyclic amide) rings is 1. The minimum atomic E-state index is -0.644. The first kappa shape index (κ1) is 20.6. The molecule has 1 aromatic carbocycles. The fourth-order valence-corrected chi connectivity index (χ4v) is 3.03. The van der Waals surface area contributed by atoms with Gasteiger partial charge in [-0.1, -0.05) is 0 Å². The number of nitrogens with one attached hydrogen (secondary N) is 1. The predicted octanol–water partition coefficient (Wildman–Crippen LogP) is 1.63. The molecule has 1 heterocycles. The van der Waals surface area contributed by atoms with E-state index in [9.17, 15) is 24.5 Å². The SMILES string of the molecule is COC1CN(SC(=O)CCCNC(=O)OCc2ccc([N+](=O)[O-])cc2)C1=O. The highest BCUT2D eigenvalue weighted by molar-refractivity contribution is 8.12. The number of carbonyl (C=O) groups excluding carboxylic acids is 3. The molecule has 0 bridgehead atoms. The van der Waals surface area contributed by atoms with Crippen LogP contribution in [0.2, 0.25) is 0 Å². The second kappa shape index (κ2) is 9.88. The fraction of sp³-hybridized carbons (Fsp3) is 0.438. The zero-order chi connectivity index (χ0) is 19.8. The highest BCUT2D eigenvalue weighted by atomic mass is 32.2. The van der Waals surface area contributed by atoms with Crippen molar-refractivity contribution in [2.75, 3.05) is 20.2 Å². The molecule has 2 rings (SSSR count). The van der Waals surface area contributed by atoms with Gasteiger partial charge in [0.05, 0.1) is 11.5 Å². The first-order valence-electron chi connectivity index (χ1n) is 8.09. The highest BCUT2D eigenvalue weighted by Gasteiger charge is 2.38. The lowest BCUT2D eigenvalue weighted by atomic mass is 10.2. The summed E-state index contributed by atoms with van der Waals surface area (Å²) in [6.45, 7) is 0.620. The molecule has 1 N–H and O–H groups in total. The number of carbonyl (C=O) groups is 3. The van der Waals surface area contributed by atoms with Gasteiger partial charge in [-0.3, -0.25) is 24.0 Å². The minimum absolute atomic E-state index is 0.0175. The molecule has 2 amide bonds. The van der Waals surface area contributed by atoms with E-state index in [1.165, 1.54) is 35.7 Å². The number of nitrogens with zero attached hydrogens (tertiary/aromatic N) is 2. The van der Waals surface area contributed by atoms with E-state index >= 15 is 0 Å². The second-order valence-corrected chi connectivity index (χ2v) is 6.70. The van der Waals surface area contributed by atoms with Crippen molar-refractivity contribution in [3.8, 4) is 0 Å². The van der Waals surface area contributed by atoms with Crippen LogP contribution in [0, 0.1) is 10.1 Å². The van der Waals surface area contributed by atoms with Gasteiger partial charge in [-0.2, -0.15) is 0 Å². The lowest BCUT2D eigenvalue weighted by molar-refractivity contribution is -0.384. The number of ether oxygens (including phenoxy) is 2. The summed E-state index contributed by atoms with van der Waals surface area (Å²) in [4.78, 5) is 44.9. The summed E-state index contributed by atoms with van der Waals surface area (Å²) in [5, 5.41) is 12.9. The van der Waals surface area contributed by atoms with Crippen LogP contribution in [0.4, 0.5) is 10.5 Å². The summed E-state index contributed by atoms with van der Waals surface area (Å²) in [5.74, 6) is -0.219. The van der Waals surface area contributed by atoms with Gasteiger partial charge in [0.15, 0.2) is 6.10 Å². The Bertz CT molecular complexity index is 710. The third kappa shape index (κ3) is 6.22. The van der Waals surface area contributed by atoms with Gasteiger partial charge in [-0.25, -0.2) is 4.79 Å². The zero-order valence-electron chi connectivity index (χ0n) is 14.6. The molecular formula is C16H19N3O7S. The maximum absolute atomic E-state index is 11.8. The number of nitro benzene ring substituents is 1. The Morgan fingerprint density at radius 1 is 1.37 bits per heavy atom. The summed E-state index contributed by atoms with van der Waals surface area (Å²) < 4.78 is 11.2. The number of rotatable bonds is 9. The van der Waals surface area contributed by atoms with E-state index < -0.39 is 17.1 Å².